The summed E-state index contributed by atoms with van der Waals surface area (Å²) in [6.45, 7) is 6.68. The maximum atomic E-state index is 11.2. The van der Waals surface area contributed by atoms with Crippen LogP contribution in [0.15, 0.2) is 5.38 Å². The third kappa shape index (κ3) is 3.12. The van der Waals surface area contributed by atoms with Crippen LogP contribution in [0.3, 0.4) is 0 Å². The summed E-state index contributed by atoms with van der Waals surface area (Å²) in [6.07, 6.45) is 2.19. The first-order valence-electron chi connectivity index (χ1n) is 6.97. The maximum absolute atomic E-state index is 11.2. The first-order chi connectivity index (χ1) is 9.30. The Morgan fingerprint density at radius 3 is 2.90 bits per heavy atom. The summed E-state index contributed by atoms with van der Waals surface area (Å²) in [4.78, 5) is 18.1. The SMILES string of the molecule is CC1CC(Nc2nc(C(C)(C)C(=O)O)cs2)CCN1C. The summed E-state index contributed by atoms with van der Waals surface area (Å²) in [5.74, 6) is -0.845. The maximum Gasteiger partial charge on any atom is 0.315 e. The third-order valence-electron chi connectivity index (χ3n) is 4.22. The largest absolute Gasteiger partial charge is 0.481 e. The number of carboxylic acid groups (broad SMARTS) is 1. The predicted octanol–water partition coefficient (Wildman–Crippen LogP) is 2.40. The van der Waals surface area contributed by atoms with E-state index in [0.29, 0.717) is 17.8 Å². The van der Waals surface area contributed by atoms with Crippen molar-refractivity contribution in [2.45, 2.75) is 51.1 Å². The van der Waals surface area contributed by atoms with Gasteiger partial charge in [-0.05, 0) is 40.7 Å². The summed E-state index contributed by atoms with van der Waals surface area (Å²) in [5.41, 5.74) is -0.310. The Balaban J connectivity index is 2.02. The molecular formula is C14H23N3O2S. The number of anilines is 1. The van der Waals surface area contributed by atoms with Gasteiger partial charge in [-0.15, -0.1) is 11.3 Å². The van der Waals surface area contributed by atoms with Crippen LogP contribution in [0.4, 0.5) is 5.13 Å². The molecule has 0 saturated carbocycles. The van der Waals surface area contributed by atoms with Crippen LogP contribution < -0.4 is 5.32 Å². The van der Waals surface area contributed by atoms with E-state index in [-0.39, 0.29) is 0 Å². The summed E-state index contributed by atoms with van der Waals surface area (Å²) in [7, 11) is 2.15. The minimum atomic E-state index is -0.934. The summed E-state index contributed by atoms with van der Waals surface area (Å²) < 4.78 is 0. The molecule has 0 amide bonds. The Morgan fingerprint density at radius 1 is 1.60 bits per heavy atom. The van der Waals surface area contributed by atoms with Crippen LogP contribution in [-0.2, 0) is 10.2 Å². The molecule has 2 atom stereocenters. The smallest absolute Gasteiger partial charge is 0.315 e. The number of aliphatic carboxylic acids is 1. The number of nitrogens with zero attached hydrogens (tertiary/aromatic N) is 2. The zero-order valence-corrected chi connectivity index (χ0v) is 13.3. The van der Waals surface area contributed by atoms with E-state index in [1.807, 2.05) is 5.38 Å². The number of piperidine rings is 1. The highest BCUT2D eigenvalue weighted by atomic mass is 32.1. The fourth-order valence-corrected chi connectivity index (χ4v) is 3.29. The van der Waals surface area contributed by atoms with Gasteiger partial charge in [0, 0.05) is 24.0 Å². The highest BCUT2D eigenvalue weighted by Gasteiger charge is 2.32. The van der Waals surface area contributed by atoms with Gasteiger partial charge in [0.2, 0.25) is 0 Å². The summed E-state index contributed by atoms with van der Waals surface area (Å²) in [5, 5.41) is 15.4. The van der Waals surface area contributed by atoms with Gasteiger partial charge in [-0.1, -0.05) is 0 Å². The summed E-state index contributed by atoms with van der Waals surface area (Å²) >= 11 is 1.49. The van der Waals surface area contributed by atoms with Crippen LogP contribution in [0.2, 0.25) is 0 Å². The Hall–Kier alpha value is -1.14. The molecule has 2 N–H and O–H groups in total. The Kier molecular flexibility index (Phi) is 4.34. The van der Waals surface area contributed by atoms with E-state index in [4.69, 9.17) is 0 Å². The second kappa shape index (κ2) is 5.69. The van der Waals surface area contributed by atoms with E-state index in [1.165, 1.54) is 11.3 Å². The zero-order valence-electron chi connectivity index (χ0n) is 12.5. The first kappa shape index (κ1) is 15.3. The molecule has 6 heteroatoms. The molecule has 0 aromatic carbocycles. The molecule has 1 saturated heterocycles. The fraction of sp³-hybridized carbons (Fsp3) is 0.714. The molecule has 1 fully saturated rings. The molecule has 1 aromatic rings. The molecule has 5 nitrogen and oxygen atoms in total. The Morgan fingerprint density at radius 2 is 2.30 bits per heavy atom. The number of carboxylic acids is 1. The van der Waals surface area contributed by atoms with Crippen molar-refractivity contribution in [1.82, 2.24) is 9.88 Å². The van der Waals surface area contributed by atoms with Crippen molar-refractivity contribution in [2.75, 3.05) is 18.9 Å². The van der Waals surface area contributed by atoms with Gasteiger partial charge in [-0.3, -0.25) is 4.79 Å². The number of likely N-dealkylation sites (tertiary alicyclic amines) is 1. The lowest BCUT2D eigenvalue weighted by molar-refractivity contribution is -0.142. The van der Waals surface area contributed by atoms with Crippen LogP contribution in [0.1, 0.15) is 39.3 Å². The molecule has 2 rings (SSSR count). The van der Waals surface area contributed by atoms with E-state index >= 15 is 0 Å². The zero-order chi connectivity index (χ0) is 14.9. The average molecular weight is 297 g/mol. The van der Waals surface area contributed by atoms with Gasteiger partial charge in [0.05, 0.1) is 5.69 Å². The number of aromatic nitrogens is 1. The number of hydrogen-bond donors (Lipinski definition) is 2. The minimum absolute atomic E-state index is 0.424. The van der Waals surface area contributed by atoms with Crippen molar-refractivity contribution in [3.63, 3.8) is 0 Å². The molecule has 112 valence electrons. The number of carbonyl (C=O) groups is 1. The highest BCUT2D eigenvalue weighted by Crippen LogP contribution is 2.29. The topological polar surface area (TPSA) is 65.5 Å². The predicted molar refractivity (Wildman–Crippen MR) is 81.5 cm³/mol. The van der Waals surface area contributed by atoms with E-state index in [1.54, 1.807) is 13.8 Å². The van der Waals surface area contributed by atoms with E-state index < -0.39 is 11.4 Å². The monoisotopic (exact) mass is 297 g/mol. The number of nitrogens with one attached hydrogen (secondary N) is 1. The number of hydrogen-bond acceptors (Lipinski definition) is 5. The quantitative estimate of drug-likeness (QED) is 0.893. The fourth-order valence-electron chi connectivity index (χ4n) is 2.33. The van der Waals surface area contributed by atoms with Crippen LogP contribution in [0.5, 0.6) is 0 Å². The molecule has 2 unspecified atom stereocenters. The first-order valence-corrected chi connectivity index (χ1v) is 7.85. The van der Waals surface area contributed by atoms with Gasteiger partial charge in [0.25, 0.3) is 0 Å². The molecule has 0 spiro atoms. The Bertz CT molecular complexity index is 487. The lowest BCUT2D eigenvalue weighted by Crippen LogP contribution is -2.42. The van der Waals surface area contributed by atoms with Crippen molar-refractivity contribution in [3.8, 4) is 0 Å². The van der Waals surface area contributed by atoms with Gasteiger partial charge in [-0.25, -0.2) is 4.98 Å². The van der Waals surface area contributed by atoms with Crippen LogP contribution in [0.25, 0.3) is 0 Å². The molecular weight excluding hydrogens is 274 g/mol. The number of rotatable bonds is 4. The second-order valence-electron chi connectivity index (χ2n) is 6.16. The molecule has 0 radical (unpaired) electrons. The molecule has 2 heterocycles. The molecule has 20 heavy (non-hydrogen) atoms. The lowest BCUT2D eigenvalue weighted by atomic mass is 9.90. The second-order valence-corrected chi connectivity index (χ2v) is 7.02. The van der Waals surface area contributed by atoms with Gasteiger partial charge in [0.15, 0.2) is 5.13 Å². The van der Waals surface area contributed by atoms with Gasteiger partial charge < -0.3 is 15.3 Å². The van der Waals surface area contributed by atoms with Crippen molar-refractivity contribution in [2.24, 2.45) is 0 Å². The summed E-state index contributed by atoms with van der Waals surface area (Å²) in [6, 6.07) is 0.990. The van der Waals surface area contributed by atoms with E-state index in [2.05, 4.69) is 29.2 Å². The third-order valence-corrected chi connectivity index (χ3v) is 4.99. The van der Waals surface area contributed by atoms with Gasteiger partial charge in [-0.2, -0.15) is 0 Å². The van der Waals surface area contributed by atoms with Crippen LogP contribution in [-0.4, -0.2) is 46.6 Å². The molecule has 1 aliphatic heterocycles. The van der Waals surface area contributed by atoms with Crippen molar-refractivity contribution in [1.29, 1.82) is 0 Å². The van der Waals surface area contributed by atoms with E-state index in [0.717, 1.165) is 24.5 Å². The average Bonchev–Trinajstić information content (AvgIpc) is 2.83. The number of thiazole rings is 1. The molecule has 0 bridgehead atoms. The normalized spacial score (nSPS) is 24.6. The van der Waals surface area contributed by atoms with Crippen molar-refractivity contribution >= 4 is 22.4 Å². The minimum Gasteiger partial charge on any atom is -0.481 e. The molecule has 1 aliphatic rings. The molecule has 0 aliphatic carbocycles. The van der Waals surface area contributed by atoms with Crippen molar-refractivity contribution in [3.05, 3.63) is 11.1 Å². The van der Waals surface area contributed by atoms with E-state index in [9.17, 15) is 9.90 Å². The van der Waals surface area contributed by atoms with Gasteiger partial charge in [0.1, 0.15) is 5.41 Å². The van der Waals surface area contributed by atoms with Gasteiger partial charge >= 0.3 is 5.97 Å². The Labute approximate surface area is 124 Å². The standard InChI is InChI=1S/C14H23N3O2S/c1-9-7-10(5-6-17(9)4)15-13-16-11(8-20-13)14(2,3)12(18)19/h8-10H,5-7H2,1-4H3,(H,15,16)(H,18,19). The van der Waals surface area contributed by atoms with Crippen LogP contribution in [0, 0.1) is 0 Å². The molecule has 1 aromatic heterocycles. The van der Waals surface area contributed by atoms with Crippen LogP contribution >= 0.6 is 11.3 Å². The lowest BCUT2D eigenvalue weighted by Gasteiger charge is -2.35. The van der Waals surface area contributed by atoms with Crippen molar-refractivity contribution < 1.29 is 9.90 Å². The highest BCUT2D eigenvalue weighted by molar-refractivity contribution is 7.13.